The number of ether oxygens (including phenoxy) is 1. The zero-order valence-electron chi connectivity index (χ0n) is 11.6. The van der Waals surface area contributed by atoms with Crippen molar-refractivity contribution in [3.63, 3.8) is 0 Å². The van der Waals surface area contributed by atoms with Gasteiger partial charge in [0.15, 0.2) is 11.5 Å². The number of para-hydroxylation sites is 1. The molecule has 4 N–H and O–H groups in total. The van der Waals surface area contributed by atoms with E-state index in [4.69, 9.17) is 4.74 Å². The van der Waals surface area contributed by atoms with E-state index in [9.17, 15) is 20.1 Å². The molecule has 0 heterocycles. The van der Waals surface area contributed by atoms with Gasteiger partial charge in [-0.3, -0.25) is 4.79 Å². The molecule has 7 heteroatoms. The summed E-state index contributed by atoms with van der Waals surface area (Å²) in [6.07, 6.45) is 1.25. The maximum Gasteiger partial charge on any atom is 0.271 e. The zero-order valence-corrected chi connectivity index (χ0v) is 11.6. The molecular formula is C15H14N2O5. The number of nitrogens with zero attached hydrogens (tertiary/aromatic N) is 1. The molecule has 22 heavy (non-hydrogen) atoms. The van der Waals surface area contributed by atoms with Gasteiger partial charge in [0.05, 0.1) is 13.3 Å². The van der Waals surface area contributed by atoms with Gasteiger partial charge >= 0.3 is 0 Å². The van der Waals surface area contributed by atoms with Crippen molar-refractivity contribution in [3.05, 3.63) is 47.5 Å². The average Bonchev–Trinajstić information content (AvgIpc) is 2.48. The first-order valence-corrected chi connectivity index (χ1v) is 6.23. The largest absolute Gasteiger partial charge is 0.508 e. The predicted octanol–water partition coefficient (Wildman–Crippen LogP) is 1.58. The van der Waals surface area contributed by atoms with Crippen molar-refractivity contribution in [2.24, 2.45) is 5.10 Å². The summed E-state index contributed by atoms with van der Waals surface area (Å²) in [6, 6.07) is 8.32. The van der Waals surface area contributed by atoms with Crippen molar-refractivity contribution >= 4 is 12.1 Å². The monoisotopic (exact) mass is 302 g/mol. The van der Waals surface area contributed by atoms with E-state index in [2.05, 4.69) is 10.5 Å². The molecule has 0 radical (unpaired) electrons. The fourth-order valence-electron chi connectivity index (χ4n) is 1.76. The molecule has 2 rings (SSSR count). The number of carbonyl (C=O) groups is 1. The molecule has 0 fully saturated rings. The number of nitrogens with one attached hydrogen (secondary N) is 1. The van der Waals surface area contributed by atoms with Gasteiger partial charge in [0.2, 0.25) is 0 Å². The minimum absolute atomic E-state index is 0.0458. The van der Waals surface area contributed by atoms with Crippen LogP contribution in [0.4, 0.5) is 0 Å². The maximum absolute atomic E-state index is 11.8. The summed E-state index contributed by atoms with van der Waals surface area (Å²) < 4.78 is 4.95. The SMILES string of the molecule is COc1cccc(/C=N\NC(=O)c2cc(O)cc(O)c2)c1O. The van der Waals surface area contributed by atoms with Gasteiger partial charge in [-0.2, -0.15) is 5.10 Å². The highest BCUT2D eigenvalue weighted by Gasteiger charge is 2.08. The van der Waals surface area contributed by atoms with Crippen LogP contribution in [0, 0.1) is 0 Å². The third-order valence-electron chi connectivity index (χ3n) is 2.78. The van der Waals surface area contributed by atoms with Crippen molar-refractivity contribution in [2.45, 2.75) is 0 Å². The van der Waals surface area contributed by atoms with Crippen LogP contribution in [0.1, 0.15) is 15.9 Å². The van der Waals surface area contributed by atoms with Crippen LogP contribution in [0.15, 0.2) is 41.5 Å². The van der Waals surface area contributed by atoms with Gasteiger partial charge < -0.3 is 20.1 Å². The summed E-state index contributed by atoms with van der Waals surface area (Å²) in [5, 5.41) is 32.2. The van der Waals surface area contributed by atoms with E-state index < -0.39 is 5.91 Å². The lowest BCUT2D eigenvalue weighted by Gasteiger charge is -2.05. The smallest absolute Gasteiger partial charge is 0.271 e. The molecule has 0 aromatic heterocycles. The summed E-state index contributed by atoms with van der Waals surface area (Å²) in [6.45, 7) is 0. The maximum atomic E-state index is 11.8. The normalized spacial score (nSPS) is 10.6. The number of hydrazone groups is 1. The van der Waals surface area contributed by atoms with E-state index >= 15 is 0 Å². The predicted molar refractivity (Wildman–Crippen MR) is 79.5 cm³/mol. The lowest BCUT2D eigenvalue weighted by Crippen LogP contribution is -2.17. The number of hydrogen-bond acceptors (Lipinski definition) is 6. The highest BCUT2D eigenvalue weighted by atomic mass is 16.5. The van der Waals surface area contributed by atoms with Gasteiger partial charge in [-0.1, -0.05) is 6.07 Å². The third kappa shape index (κ3) is 3.45. The van der Waals surface area contributed by atoms with Crippen LogP contribution >= 0.6 is 0 Å². The first kappa shape index (κ1) is 15.2. The Morgan fingerprint density at radius 2 is 1.86 bits per heavy atom. The van der Waals surface area contributed by atoms with Gasteiger partial charge in [0, 0.05) is 17.2 Å². The average molecular weight is 302 g/mol. The molecule has 0 unspecified atom stereocenters. The van der Waals surface area contributed by atoms with Crippen LogP contribution in [0.3, 0.4) is 0 Å². The Hall–Kier alpha value is -3.22. The number of methoxy groups -OCH3 is 1. The fraction of sp³-hybridized carbons (Fsp3) is 0.0667. The van der Waals surface area contributed by atoms with E-state index in [1.165, 1.54) is 25.5 Å². The van der Waals surface area contributed by atoms with Crippen LogP contribution < -0.4 is 10.2 Å². The molecule has 0 saturated carbocycles. The van der Waals surface area contributed by atoms with E-state index in [0.29, 0.717) is 5.56 Å². The first-order valence-electron chi connectivity index (χ1n) is 6.23. The van der Waals surface area contributed by atoms with Crippen molar-refractivity contribution in [1.82, 2.24) is 5.43 Å². The molecule has 2 aromatic rings. The highest BCUT2D eigenvalue weighted by molar-refractivity contribution is 5.96. The van der Waals surface area contributed by atoms with Gasteiger partial charge in [0.25, 0.3) is 5.91 Å². The second-order valence-corrected chi connectivity index (χ2v) is 4.34. The Bertz CT molecular complexity index is 708. The van der Waals surface area contributed by atoms with Crippen molar-refractivity contribution in [1.29, 1.82) is 0 Å². The minimum Gasteiger partial charge on any atom is -0.508 e. The molecule has 0 aliphatic rings. The minimum atomic E-state index is -0.621. The Morgan fingerprint density at radius 1 is 1.18 bits per heavy atom. The topological polar surface area (TPSA) is 111 Å². The van der Waals surface area contributed by atoms with E-state index in [1.807, 2.05) is 0 Å². The Balaban J connectivity index is 2.11. The van der Waals surface area contributed by atoms with Gasteiger partial charge in [0.1, 0.15) is 11.5 Å². The second-order valence-electron chi connectivity index (χ2n) is 4.34. The van der Waals surface area contributed by atoms with Crippen LogP contribution in [0.2, 0.25) is 0 Å². The molecular weight excluding hydrogens is 288 g/mol. The number of aromatic hydroxyl groups is 3. The molecule has 0 spiro atoms. The van der Waals surface area contributed by atoms with Crippen molar-refractivity contribution < 1.29 is 24.9 Å². The molecule has 0 aliphatic carbocycles. The van der Waals surface area contributed by atoms with Crippen molar-refractivity contribution in [2.75, 3.05) is 7.11 Å². The number of benzene rings is 2. The number of amides is 1. The molecule has 0 saturated heterocycles. The van der Waals surface area contributed by atoms with Crippen LogP contribution in [0.5, 0.6) is 23.0 Å². The summed E-state index contributed by atoms with van der Waals surface area (Å²) >= 11 is 0. The molecule has 114 valence electrons. The van der Waals surface area contributed by atoms with E-state index in [-0.39, 0.29) is 28.6 Å². The molecule has 0 bridgehead atoms. The molecule has 7 nitrogen and oxygen atoms in total. The number of phenols is 3. The molecule has 0 aliphatic heterocycles. The van der Waals surface area contributed by atoms with Gasteiger partial charge in [-0.05, 0) is 24.3 Å². The molecule has 1 amide bonds. The fourth-order valence-corrected chi connectivity index (χ4v) is 1.76. The summed E-state index contributed by atoms with van der Waals surface area (Å²) in [4.78, 5) is 11.8. The van der Waals surface area contributed by atoms with Crippen LogP contribution in [-0.4, -0.2) is 34.6 Å². The summed E-state index contributed by atoms with van der Waals surface area (Å²) in [5.41, 5.74) is 2.63. The standard InChI is InChI=1S/C15H14N2O5/c1-22-13-4-2-3-9(14(13)20)8-16-17-15(21)10-5-11(18)7-12(19)6-10/h2-8,18-20H,1H3,(H,17,21)/b16-8-. The van der Waals surface area contributed by atoms with E-state index in [1.54, 1.807) is 18.2 Å². The molecule has 0 atom stereocenters. The quantitative estimate of drug-likeness (QED) is 0.506. The third-order valence-corrected chi connectivity index (χ3v) is 2.78. The highest BCUT2D eigenvalue weighted by Crippen LogP contribution is 2.27. The van der Waals surface area contributed by atoms with Gasteiger partial charge in [-0.15, -0.1) is 0 Å². The number of rotatable bonds is 4. The van der Waals surface area contributed by atoms with Crippen LogP contribution in [0.25, 0.3) is 0 Å². The zero-order chi connectivity index (χ0) is 16.1. The first-order chi connectivity index (χ1) is 10.5. The Morgan fingerprint density at radius 3 is 2.50 bits per heavy atom. The number of hydrogen-bond donors (Lipinski definition) is 4. The van der Waals surface area contributed by atoms with Crippen LogP contribution in [-0.2, 0) is 0 Å². The molecule has 2 aromatic carbocycles. The Kier molecular flexibility index (Phi) is 4.47. The number of phenolic OH excluding ortho intramolecular Hbond substituents is 3. The lowest BCUT2D eigenvalue weighted by atomic mass is 10.2. The summed E-state index contributed by atoms with van der Waals surface area (Å²) in [5.74, 6) is -0.907. The Labute approximate surface area is 126 Å². The lowest BCUT2D eigenvalue weighted by molar-refractivity contribution is 0.0954. The second kappa shape index (κ2) is 6.49. The van der Waals surface area contributed by atoms with Gasteiger partial charge in [-0.25, -0.2) is 5.43 Å². The number of carbonyl (C=O) groups excluding carboxylic acids is 1. The van der Waals surface area contributed by atoms with Crippen molar-refractivity contribution in [3.8, 4) is 23.0 Å². The van der Waals surface area contributed by atoms with E-state index in [0.717, 1.165) is 6.07 Å². The summed E-state index contributed by atoms with van der Waals surface area (Å²) in [7, 11) is 1.42.